The monoisotopic (exact) mass is 454 g/mol. The number of anilines is 1. The number of nitrogens with one attached hydrogen (secondary N) is 2. The van der Waals surface area contributed by atoms with Crippen LogP contribution in [0.25, 0.3) is 0 Å². The van der Waals surface area contributed by atoms with Gasteiger partial charge in [-0.05, 0) is 91.4 Å². The van der Waals surface area contributed by atoms with Crippen LogP contribution in [0.15, 0.2) is 72.8 Å². The predicted octanol–water partition coefficient (Wildman–Crippen LogP) is 6.44. The van der Waals surface area contributed by atoms with Crippen molar-refractivity contribution in [2.24, 2.45) is 0 Å². The molecule has 0 saturated carbocycles. The van der Waals surface area contributed by atoms with Gasteiger partial charge in [0.2, 0.25) is 0 Å². The number of benzene rings is 3. The predicted molar refractivity (Wildman–Crippen MR) is 128 cm³/mol. The first-order chi connectivity index (χ1) is 15.0. The van der Waals surface area contributed by atoms with Gasteiger partial charge in [0.15, 0.2) is 5.11 Å². The smallest absolute Gasteiger partial charge is 0.257 e. The Hall–Kier alpha value is -3.09. The van der Waals surface area contributed by atoms with Gasteiger partial charge < -0.3 is 14.8 Å². The molecule has 2 N–H and O–H groups in total. The van der Waals surface area contributed by atoms with Gasteiger partial charge in [0.1, 0.15) is 17.2 Å². The maximum Gasteiger partial charge on any atom is 0.257 e. The van der Waals surface area contributed by atoms with E-state index >= 15 is 0 Å². The Balaban J connectivity index is 1.49. The molecule has 5 nitrogen and oxygen atoms in total. The molecule has 0 aromatic heterocycles. The van der Waals surface area contributed by atoms with Crippen molar-refractivity contribution in [3.05, 3.63) is 83.4 Å². The van der Waals surface area contributed by atoms with Gasteiger partial charge in [-0.2, -0.15) is 0 Å². The number of amides is 1. The van der Waals surface area contributed by atoms with Crippen LogP contribution in [0.3, 0.4) is 0 Å². The largest absolute Gasteiger partial charge is 0.494 e. The SMILES string of the molecule is CCCCOc1ccc(C(=O)NC(=S)Nc2ccc(Oc3ccc(Cl)cc3)cc2)cc1. The lowest BCUT2D eigenvalue weighted by Gasteiger charge is -2.11. The third-order valence-electron chi connectivity index (χ3n) is 4.27. The minimum absolute atomic E-state index is 0.208. The molecular weight excluding hydrogens is 432 g/mol. The molecule has 1 amide bonds. The van der Waals surface area contributed by atoms with E-state index in [4.69, 9.17) is 33.3 Å². The van der Waals surface area contributed by atoms with Gasteiger partial charge >= 0.3 is 0 Å². The summed E-state index contributed by atoms with van der Waals surface area (Å²) in [6.45, 7) is 2.77. The van der Waals surface area contributed by atoms with Gasteiger partial charge in [0.05, 0.1) is 6.61 Å². The van der Waals surface area contributed by atoms with Gasteiger partial charge in [-0.3, -0.25) is 10.1 Å². The quantitative estimate of drug-likeness (QED) is 0.303. The third kappa shape index (κ3) is 7.27. The second-order valence-electron chi connectivity index (χ2n) is 6.72. The Kier molecular flexibility index (Phi) is 8.27. The summed E-state index contributed by atoms with van der Waals surface area (Å²) < 4.78 is 11.4. The number of rotatable bonds is 8. The van der Waals surface area contributed by atoms with E-state index in [1.165, 1.54) is 0 Å². The molecule has 0 unspecified atom stereocenters. The first kappa shape index (κ1) is 22.6. The lowest BCUT2D eigenvalue weighted by atomic mass is 10.2. The number of ether oxygens (including phenoxy) is 2. The fourth-order valence-electron chi connectivity index (χ4n) is 2.62. The Morgan fingerprint density at radius 3 is 2.10 bits per heavy atom. The topological polar surface area (TPSA) is 59.6 Å². The van der Waals surface area contributed by atoms with Crippen LogP contribution in [0.1, 0.15) is 30.1 Å². The van der Waals surface area contributed by atoms with Crippen molar-refractivity contribution in [3.8, 4) is 17.2 Å². The molecule has 0 spiro atoms. The van der Waals surface area contributed by atoms with Crippen LogP contribution in [0, 0.1) is 0 Å². The van der Waals surface area contributed by atoms with E-state index in [1.807, 2.05) is 12.1 Å². The van der Waals surface area contributed by atoms with Gasteiger partial charge in [0.25, 0.3) is 5.91 Å². The fraction of sp³-hybridized carbons (Fsp3) is 0.167. The number of unbranched alkanes of at least 4 members (excludes halogenated alkanes) is 1. The third-order valence-corrected chi connectivity index (χ3v) is 4.73. The van der Waals surface area contributed by atoms with Crippen molar-refractivity contribution in [1.29, 1.82) is 0 Å². The zero-order chi connectivity index (χ0) is 22.1. The number of hydrogen-bond donors (Lipinski definition) is 2. The molecular formula is C24H23ClN2O3S. The molecule has 0 aliphatic rings. The minimum Gasteiger partial charge on any atom is -0.494 e. The van der Waals surface area contributed by atoms with Crippen LogP contribution < -0.4 is 20.1 Å². The van der Waals surface area contributed by atoms with E-state index in [0.717, 1.165) is 24.3 Å². The maximum atomic E-state index is 12.4. The molecule has 3 aromatic carbocycles. The summed E-state index contributed by atoms with van der Waals surface area (Å²) in [6, 6.07) is 21.3. The second kappa shape index (κ2) is 11.3. The highest BCUT2D eigenvalue weighted by Crippen LogP contribution is 2.24. The minimum atomic E-state index is -0.291. The Labute approximate surface area is 192 Å². The van der Waals surface area contributed by atoms with Gasteiger partial charge in [-0.25, -0.2) is 0 Å². The fourth-order valence-corrected chi connectivity index (χ4v) is 2.96. The number of thiocarbonyl (C=S) groups is 1. The van der Waals surface area contributed by atoms with Gasteiger partial charge in [-0.15, -0.1) is 0 Å². The molecule has 0 heterocycles. The lowest BCUT2D eigenvalue weighted by Crippen LogP contribution is -2.34. The van der Waals surface area contributed by atoms with E-state index in [9.17, 15) is 4.79 Å². The van der Waals surface area contributed by atoms with Crippen molar-refractivity contribution in [2.45, 2.75) is 19.8 Å². The number of carbonyl (C=O) groups excluding carboxylic acids is 1. The van der Waals surface area contributed by atoms with E-state index in [0.29, 0.717) is 28.7 Å². The highest BCUT2D eigenvalue weighted by molar-refractivity contribution is 7.80. The summed E-state index contributed by atoms with van der Waals surface area (Å²) in [7, 11) is 0. The molecule has 0 saturated heterocycles. The zero-order valence-electron chi connectivity index (χ0n) is 17.1. The number of halogens is 1. The normalized spacial score (nSPS) is 10.3. The van der Waals surface area contributed by atoms with E-state index in [2.05, 4.69) is 17.6 Å². The summed E-state index contributed by atoms with van der Waals surface area (Å²) in [6.07, 6.45) is 2.07. The summed E-state index contributed by atoms with van der Waals surface area (Å²) in [5.41, 5.74) is 1.23. The molecule has 7 heteroatoms. The Morgan fingerprint density at radius 2 is 1.48 bits per heavy atom. The zero-order valence-corrected chi connectivity index (χ0v) is 18.6. The number of carbonyl (C=O) groups is 1. The van der Waals surface area contributed by atoms with Crippen LogP contribution in [0.2, 0.25) is 5.02 Å². The van der Waals surface area contributed by atoms with E-state index < -0.39 is 0 Å². The van der Waals surface area contributed by atoms with Crippen molar-refractivity contribution in [1.82, 2.24) is 5.32 Å². The molecule has 3 rings (SSSR count). The molecule has 160 valence electrons. The maximum absolute atomic E-state index is 12.4. The molecule has 0 bridgehead atoms. The first-order valence-electron chi connectivity index (χ1n) is 9.92. The average molecular weight is 455 g/mol. The highest BCUT2D eigenvalue weighted by atomic mass is 35.5. The molecule has 31 heavy (non-hydrogen) atoms. The summed E-state index contributed by atoms with van der Waals surface area (Å²) in [5, 5.41) is 6.52. The Bertz CT molecular complexity index is 1010. The molecule has 0 aliphatic heterocycles. The molecule has 0 aliphatic carbocycles. The van der Waals surface area contributed by atoms with Crippen molar-refractivity contribution < 1.29 is 14.3 Å². The van der Waals surface area contributed by atoms with E-state index in [1.54, 1.807) is 60.7 Å². The highest BCUT2D eigenvalue weighted by Gasteiger charge is 2.08. The van der Waals surface area contributed by atoms with Crippen LogP contribution in [0.4, 0.5) is 5.69 Å². The van der Waals surface area contributed by atoms with Crippen LogP contribution >= 0.6 is 23.8 Å². The summed E-state index contributed by atoms with van der Waals surface area (Å²) in [4.78, 5) is 12.4. The second-order valence-corrected chi connectivity index (χ2v) is 7.56. The van der Waals surface area contributed by atoms with Crippen LogP contribution in [-0.4, -0.2) is 17.6 Å². The van der Waals surface area contributed by atoms with Crippen molar-refractivity contribution in [2.75, 3.05) is 11.9 Å². The molecule has 0 fully saturated rings. The Morgan fingerprint density at radius 1 is 0.903 bits per heavy atom. The van der Waals surface area contributed by atoms with Crippen LogP contribution in [0.5, 0.6) is 17.2 Å². The van der Waals surface area contributed by atoms with Crippen LogP contribution in [-0.2, 0) is 0 Å². The van der Waals surface area contributed by atoms with Crippen molar-refractivity contribution >= 4 is 40.5 Å². The van der Waals surface area contributed by atoms with Gasteiger partial charge in [-0.1, -0.05) is 24.9 Å². The summed E-state index contributed by atoms with van der Waals surface area (Å²) >= 11 is 11.1. The molecule has 3 aromatic rings. The van der Waals surface area contributed by atoms with E-state index in [-0.39, 0.29) is 11.0 Å². The van der Waals surface area contributed by atoms with Crippen molar-refractivity contribution in [3.63, 3.8) is 0 Å². The standard InChI is InChI=1S/C24H23ClN2O3S/c1-2-3-16-29-20-10-4-17(5-11-20)23(28)27-24(31)26-19-8-14-22(15-9-19)30-21-12-6-18(25)7-13-21/h4-15H,2-3,16H2,1H3,(H2,26,27,28,31). The summed E-state index contributed by atoms with van der Waals surface area (Å²) in [5.74, 6) is 1.81. The molecule has 0 atom stereocenters. The average Bonchev–Trinajstić information content (AvgIpc) is 2.77. The lowest BCUT2D eigenvalue weighted by molar-refractivity contribution is 0.0977. The first-order valence-corrected chi connectivity index (χ1v) is 10.7. The van der Waals surface area contributed by atoms with Gasteiger partial charge in [0, 0.05) is 16.3 Å². The molecule has 0 radical (unpaired) electrons. The number of hydrogen-bond acceptors (Lipinski definition) is 4.